The Balaban J connectivity index is 2.45. The Morgan fingerprint density at radius 1 is 1.44 bits per heavy atom. The van der Waals surface area contributed by atoms with E-state index in [4.69, 9.17) is 22.9 Å². The molecule has 2 rings (SSSR count). The Bertz CT molecular complexity index is 457. The van der Waals surface area contributed by atoms with Gasteiger partial charge in [0.05, 0.1) is 5.56 Å². The first-order valence-corrected chi connectivity index (χ1v) is 7.08. The number of pyridine rings is 1. The number of anilines is 1. The van der Waals surface area contributed by atoms with Gasteiger partial charge in [-0.2, -0.15) is 0 Å². The number of nitrogens with two attached hydrogens (primary N) is 1. The van der Waals surface area contributed by atoms with Crippen molar-refractivity contribution in [2.75, 3.05) is 18.5 Å². The molecule has 0 saturated heterocycles. The van der Waals surface area contributed by atoms with Crippen LogP contribution in [-0.2, 0) is 12.8 Å². The van der Waals surface area contributed by atoms with Crippen LogP contribution in [0, 0.1) is 0 Å². The standard InChI is InChI=1S/C14H21N3S/c1-3-8-17(2)14-11(13(15)18)9-10-6-4-5-7-12(10)16-14/h9H,3-8H2,1-2H3,(H2,15,18). The van der Waals surface area contributed by atoms with E-state index in [2.05, 4.69) is 24.9 Å². The second-order valence-corrected chi connectivity index (χ2v) is 5.40. The van der Waals surface area contributed by atoms with Crippen LogP contribution < -0.4 is 10.6 Å². The molecule has 1 heterocycles. The molecule has 2 N–H and O–H groups in total. The van der Waals surface area contributed by atoms with Crippen molar-refractivity contribution >= 4 is 23.0 Å². The number of thiocarbonyl (C=S) groups is 1. The van der Waals surface area contributed by atoms with E-state index in [0.29, 0.717) is 4.99 Å². The van der Waals surface area contributed by atoms with Crippen LogP contribution in [0.4, 0.5) is 5.82 Å². The summed E-state index contributed by atoms with van der Waals surface area (Å²) in [6.07, 6.45) is 5.76. The summed E-state index contributed by atoms with van der Waals surface area (Å²) in [4.78, 5) is 7.42. The third-order valence-electron chi connectivity index (χ3n) is 3.47. The van der Waals surface area contributed by atoms with Crippen LogP contribution in [0.5, 0.6) is 0 Å². The maximum atomic E-state index is 5.85. The second kappa shape index (κ2) is 5.65. The molecule has 98 valence electrons. The van der Waals surface area contributed by atoms with Gasteiger partial charge in [-0.1, -0.05) is 19.1 Å². The van der Waals surface area contributed by atoms with Crippen LogP contribution in [0.25, 0.3) is 0 Å². The van der Waals surface area contributed by atoms with Crippen molar-refractivity contribution in [3.05, 3.63) is 22.9 Å². The van der Waals surface area contributed by atoms with E-state index in [1.807, 2.05) is 0 Å². The molecule has 0 atom stereocenters. The highest BCUT2D eigenvalue weighted by molar-refractivity contribution is 7.80. The van der Waals surface area contributed by atoms with E-state index in [1.165, 1.54) is 24.1 Å². The minimum absolute atomic E-state index is 0.453. The topological polar surface area (TPSA) is 42.2 Å². The molecular weight excluding hydrogens is 242 g/mol. The fraction of sp³-hybridized carbons (Fsp3) is 0.571. The summed E-state index contributed by atoms with van der Waals surface area (Å²) in [6.45, 7) is 3.14. The van der Waals surface area contributed by atoms with Crippen LogP contribution in [0.2, 0.25) is 0 Å². The number of nitrogens with zero attached hydrogens (tertiary/aromatic N) is 2. The molecule has 18 heavy (non-hydrogen) atoms. The van der Waals surface area contributed by atoms with E-state index >= 15 is 0 Å². The van der Waals surface area contributed by atoms with Gasteiger partial charge in [0.15, 0.2) is 0 Å². The Morgan fingerprint density at radius 2 is 2.17 bits per heavy atom. The molecule has 1 aromatic rings. The van der Waals surface area contributed by atoms with Crippen LogP contribution in [0.1, 0.15) is 43.0 Å². The van der Waals surface area contributed by atoms with Gasteiger partial charge in [0.2, 0.25) is 0 Å². The number of fused-ring (bicyclic) bond motifs is 1. The van der Waals surface area contributed by atoms with Gasteiger partial charge in [-0.05, 0) is 43.7 Å². The van der Waals surface area contributed by atoms with Gasteiger partial charge in [-0.25, -0.2) is 4.98 Å². The zero-order chi connectivity index (χ0) is 13.1. The summed E-state index contributed by atoms with van der Waals surface area (Å²) >= 11 is 5.17. The van der Waals surface area contributed by atoms with Crippen molar-refractivity contribution in [2.45, 2.75) is 39.0 Å². The first-order chi connectivity index (χ1) is 8.63. The number of aromatic nitrogens is 1. The summed E-state index contributed by atoms with van der Waals surface area (Å²) in [5, 5.41) is 0. The highest BCUT2D eigenvalue weighted by atomic mass is 32.1. The predicted octanol–water partition coefficient (Wildman–Crippen LogP) is 2.44. The smallest absolute Gasteiger partial charge is 0.138 e. The summed E-state index contributed by atoms with van der Waals surface area (Å²) in [6, 6.07) is 2.16. The first kappa shape index (κ1) is 13.3. The van der Waals surface area contributed by atoms with E-state index in [1.54, 1.807) is 0 Å². The summed E-state index contributed by atoms with van der Waals surface area (Å²) in [5.41, 5.74) is 9.35. The Kier molecular flexibility index (Phi) is 4.17. The molecule has 4 heteroatoms. The quantitative estimate of drug-likeness (QED) is 0.847. The number of hydrogen-bond acceptors (Lipinski definition) is 3. The normalized spacial score (nSPS) is 14.1. The van der Waals surface area contributed by atoms with Crippen molar-refractivity contribution in [3.8, 4) is 0 Å². The van der Waals surface area contributed by atoms with Crippen LogP contribution >= 0.6 is 12.2 Å². The molecule has 0 fully saturated rings. The van der Waals surface area contributed by atoms with Gasteiger partial charge in [0, 0.05) is 19.3 Å². The molecule has 0 saturated carbocycles. The Morgan fingerprint density at radius 3 is 2.83 bits per heavy atom. The zero-order valence-electron chi connectivity index (χ0n) is 11.2. The maximum absolute atomic E-state index is 5.85. The van der Waals surface area contributed by atoms with Gasteiger partial charge >= 0.3 is 0 Å². The van der Waals surface area contributed by atoms with Gasteiger partial charge in [-0.3, -0.25) is 0 Å². The molecule has 0 radical (unpaired) electrons. The highest BCUT2D eigenvalue weighted by Crippen LogP contribution is 2.26. The summed E-state index contributed by atoms with van der Waals surface area (Å²) in [7, 11) is 2.06. The molecule has 0 aliphatic heterocycles. The zero-order valence-corrected chi connectivity index (χ0v) is 12.0. The minimum Gasteiger partial charge on any atom is -0.389 e. The first-order valence-electron chi connectivity index (χ1n) is 6.67. The van der Waals surface area contributed by atoms with E-state index in [9.17, 15) is 0 Å². The minimum atomic E-state index is 0.453. The molecule has 0 unspecified atom stereocenters. The number of rotatable bonds is 4. The third-order valence-corrected chi connectivity index (χ3v) is 3.69. The van der Waals surface area contributed by atoms with Crippen molar-refractivity contribution in [3.63, 3.8) is 0 Å². The molecule has 0 spiro atoms. The SMILES string of the molecule is CCCN(C)c1nc2c(cc1C(N)=S)CCCC2. The Labute approximate surface area is 114 Å². The van der Waals surface area contributed by atoms with E-state index < -0.39 is 0 Å². The lowest BCUT2D eigenvalue weighted by atomic mass is 9.94. The number of aryl methyl sites for hydroxylation is 2. The van der Waals surface area contributed by atoms with Gasteiger partial charge in [-0.15, -0.1) is 0 Å². The predicted molar refractivity (Wildman–Crippen MR) is 80.3 cm³/mol. The monoisotopic (exact) mass is 263 g/mol. The largest absolute Gasteiger partial charge is 0.389 e. The lowest BCUT2D eigenvalue weighted by Gasteiger charge is -2.24. The fourth-order valence-corrected chi connectivity index (χ4v) is 2.69. The van der Waals surface area contributed by atoms with Gasteiger partial charge < -0.3 is 10.6 Å². The van der Waals surface area contributed by atoms with E-state index in [-0.39, 0.29) is 0 Å². The second-order valence-electron chi connectivity index (χ2n) is 4.96. The lowest BCUT2D eigenvalue weighted by Crippen LogP contribution is -2.25. The Hall–Kier alpha value is -1.16. The molecule has 0 amide bonds. The number of hydrogen-bond donors (Lipinski definition) is 1. The summed E-state index contributed by atoms with van der Waals surface area (Å²) < 4.78 is 0. The maximum Gasteiger partial charge on any atom is 0.138 e. The van der Waals surface area contributed by atoms with Crippen LogP contribution in [0.15, 0.2) is 6.07 Å². The molecule has 0 bridgehead atoms. The molecule has 0 aromatic carbocycles. The molecule has 3 nitrogen and oxygen atoms in total. The molecule has 1 aromatic heterocycles. The third kappa shape index (κ3) is 2.64. The molecular formula is C14H21N3S. The van der Waals surface area contributed by atoms with Crippen LogP contribution in [0.3, 0.4) is 0 Å². The van der Waals surface area contributed by atoms with Gasteiger partial charge in [0.25, 0.3) is 0 Å². The van der Waals surface area contributed by atoms with Crippen molar-refractivity contribution in [1.29, 1.82) is 0 Å². The average Bonchev–Trinajstić information content (AvgIpc) is 2.37. The summed E-state index contributed by atoms with van der Waals surface area (Å²) in [5.74, 6) is 0.949. The van der Waals surface area contributed by atoms with Crippen molar-refractivity contribution in [2.24, 2.45) is 5.73 Å². The lowest BCUT2D eigenvalue weighted by molar-refractivity contribution is 0.665. The highest BCUT2D eigenvalue weighted by Gasteiger charge is 2.18. The molecule has 1 aliphatic rings. The van der Waals surface area contributed by atoms with Crippen molar-refractivity contribution < 1.29 is 0 Å². The fourth-order valence-electron chi connectivity index (χ4n) is 2.54. The molecule has 1 aliphatic carbocycles. The van der Waals surface area contributed by atoms with E-state index in [0.717, 1.165) is 37.2 Å². The van der Waals surface area contributed by atoms with Crippen molar-refractivity contribution in [1.82, 2.24) is 4.98 Å². The average molecular weight is 263 g/mol. The van der Waals surface area contributed by atoms with Crippen LogP contribution in [-0.4, -0.2) is 23.6 Å². The van der Waals surface area contributed by atoms with Gasteiger partial charge in [0.1, 0.15) is 10.8 Å².